The van der Waals surface area contributed by atoms with Crippen molar-refractivity contribution >= 4 is 24.6 Å². The molecule has 4 nitrogen and oxygen atoms in total. The van der Waals surface area contributed by atoms with Gasteiger partial charge in [-0.15, -0.1) is 17.5 Å². The van der Waals surface area contributed by atoms with Crippen LogP contribution < -0.4 is 11.5 Å². The number of halogens is 3. The number of nitrogens with two attached hydrogens (primary N) is 2. The van der Waals surface area contributed by atoms with Crippen molar-refractivity contribution < 1.29 is 8.78 Å². The fraction of sp³-hybridized carbons (Fsp3) is 0. The summed E-state index contributed by atoms with van der Waals surface area (Å²) in [4.78, 5) is 0. The van der Waals surface area contributed by atoms with Crippen molar-refractivity contribution in [2.75, 3.05) is 0 Å². The number of benzene rings is 1. The fourth-order valence-corrected chi connectivity index (χ4v) is 0.755. The van der Waals surface area contributed by atoms with Gasteiger partial charge in [0.2, 0.25) is 5.96 Å². The summed E-state index contributed by atoms with van der Waals surface area (Å²) in [5.41, 5.74) is 10.4. The first-order chi connectivity index (χ1) is 6.59. The van der Waals surface area contributed by atoms with Crippen LogP contribution in [-0.4, -0.2) is 12.2 Å². The van der Waals surface area contributed by atoms with E-state index in [1.165, 1.54) is 12.3 Å². The van der Waals surface area contributed by atoms with E-state index < -0.39 is 11.6 Å². The lowest BCUT2D eigenvalue weighted by Crippen LogP contribution is -2.21. The van der Waals surface area contributed by atoms with Gasteiger partial charge in [-0.05, 0) is 17.7 Å². The molecule has 0 saturated carbocycles. The lowest BCUT2D eigenvalue weighted by Gasteiger charge is -1.93. The Labute approximate surface area is 91.1 Å². The monoisotopic (exact) mass is 234 g/mol. The van der Waals surface area contributed by atoms with Gasteiger partial charge in [0.25, 0.3) is 0 Å². The van der Waals surface area contributed by atoms with E-state index in [2.05, 4.69) is 10.2 Å². The van der Waals surface area contributed by atoms with Gasteiger partial charge in [-0.25, -0.2) is 8.78 Å². The molecule has 0 unspecified atom stereocenters. The fourth-order valence-electron chi connectivity index (χ4n) is 0.755. The molecule has 7 heteroatoms. The summed E-state index contributed by atoms with van der Waals surface area (Å²) in [6.45, 7) is 0. The molecular formula is C8H9ClF2N4. The predicted octanol–water partition coefficient (Wildman–Crippen LogP) is 0.994. The molecule has 0 atom stereocenters. The van der Waals surface area contributed by atoms with Gasteiger partial charge in [0.1, 0.15) is 0 Å². The first-order valence-corrected chi connectivity index (χ1v) is 3.66. The largest absolute Gasteiger partial charge is 0.369 e. The van der Waals surface area contributed by atoms with E-state index in [-0.39, 0.29) is 18.4 Å². The molecule has 0 aliphatic carbocycles. The van der Waals surface area contributed by atoms with Crippen LogP contribution in [0.4, 0.5) is 8.78 Å². The van der Waals surface area contributed by atoms with E-state index in [4.69, 9.17) is 11.5 Å². The lowest BCUT2D eigenvalue weighted by molar-refractivity contribution is 0.508. The minimum absolute atomic E-state index is 0. The summed E-state index contributed by atoms with van der Waals surface area (Å²) in [6, 6.07) is 3.33. The molecule has 0 aliphatic heterocycles. The lowest BCUT2D eigenvalue weighted by atomic mass is 10.2. The standard InChI is InChI=1S/C8H8F2N4.ClH/c9-6-2-1-5(3-7(6)10)4-13-14-8(11)12;/h1-4H,(H4,11,12,14);1H. The quantitative estimate of drug-likeness (QED) is 0.455. The molecular weight excluding hydrogens is 226 g/mol. The first-order valence-electron chi connectivity index (χ1n) is 3.66. The topological polar surface area (TPSA) is 76.8 Å². The Morgan fingerprint density at radius 1 is 1.20 bits per heavy atom. The number of rotatable bonds is 2. The van der Waals surface area contributed by atoms with E-state index in [0.717, 1.165) is 12.1 Å². The summed E-state index contributed by atoms with van der Waals surface area (Å²) >= 11 is 0. The zero-order valence-corrected chi connectivity index (χ0v) is 8.34. The van der Waals surface area contributed by atoms with Crippen LogP contribution in [0.1, 0.15) is 5.56 Å². The molecule has 0 bridgehead atoms. The first kappa shape index (κ1) is 13.3. The molecule has 82 valence electrons. The van der Waals surface area contributed by atoms with Gasteiger partial charge in [0.15, 0.2) is 11.6 Å². The van der Waals surface area contributed by atoms with Crippen molar-refractivity contribution in [2.45, 2.75) is 0 Å². The van der Waals surface area contributed by atoms with Crippen LogP contribution in [0.2, 0.25) is 0 Å². The highest BCUT2D eigenvalue weighted by Gasteiger charge is 1.99. The van der Waals surface area contributed by atoms with Crippen molar-refractivity contribution in [3.63, 3.8) is 0 Å². The van der Waals surface area contributed by atoms with Gasteiger partial charge in [-0.1, -0.05) is 6.07 Å². The number of guanidine groups is 1. The molecule has 0 fully saturated rings. The van der Waals surface area contributed by atoms with Gasteiger partial charge in [-0.3, -0.25) is 0 Å². The van der Waals surface area contributed by atoms with Gasteiger partial charge in [0.05, 0.1) is 6.21 Å². The van der Waals surface area contributed by atoms with Crippen LogP contribution in [0.25, 0.3) is 0 Å². The normalized spacial score (nSPS) is 9.73. The van der Waals surface area contributed by atoms with E-state index in [9.17, 15) is 8.78 Å². The molecule has 0 radical (unpaired) electrons. The van der Waals surface area contributed by atoms with E-state index in [0.29, 0.717) is 5.56 Å². The molecule has 1 rings (SSSR count). The molecule has 0 spiro atoms. The number of nitrogens with zero attached hydrogens (tertiary/aromatic N) is 2. The van der Waals surface area contributed by atoms with Crippen LogP contribution in [0.3, 0.4) is 0 Å². The third kappa shape index (κ3) is 4.37. The molecule has 0 aromatic heterocycles. The van der Waals surface area contributed by atoms with E-state index in [1.54, 1.807) is 0 Å². The Hall–Kier alpha value is -1.69. The van der Waals surface area contributed by atoms with Gasteiger partial charge >= 0.3 is 0 Å². The third-order valence-electron chi connectivity index (χ3n) is 1.32. The third-order valence-corrected chi connectivity index (χ3v) is 1.32. The molecule has 1 aromatic carbocycles. The smallest absolute Gasteiger partial charge is 0.211 e. The average Bonchev–Trinajstić information content (AvgIpc) is 2.10. The van der Waals surface area contributed by atoms with Gasteiger partial charge in [0, 0.05) is 0 Å². The van der Waals surface area contributed by atoms with Crippen molar-refractivity contribution in [3.8, 4) is 0 Å². The van der Waals surface area contributed by atoms with Crippen molar-refractivity contribution in [2.24, 2.45) is 21.7 Å². The van der Waals surface area contributed by atoms with Crippen molar-refractivity contribution in [1.82, 2.24) is 0 Å². The molecule has 4 N–H and O–H groups in total. The summed E-state index contributed by atoms with van der Waals surface area (Å²) < 4.78 is 25.1. The van der Waals surface area contributed by atoms with Crippen LogP contribution in [0.15, 0.2) is 28.4 Å². The maximum absolute atomic E-state index is 12.6. The molecule has 0 aliphatic rings. The molecule has 1 aromatic rings. The molecule has 0 saturated heterocycles. The minimum atomic E-state index is -0.946. The van der Waals surface area contributed by atoms with Gasteiger partial charge < -0.3 is 11.5 Å². The SMILES string of the molecule is Cl.NC(N)=NN=Cc1ccc(F)c(F)c1. The molecule has 0 heterocycles. The Bertz CT molecular complexity index is 388. The summed E-state index contributed by atoms with van der Waals surface area (Å²) in [5, 5.41) is 6.73. The second-order valence-electron chi connectivity index (χ2n) is 2.44. The predicted molar refractivity (Wildman–Crippen MR) is 57.0 cm³/mol. The zero-order valence-electron chi connectivity index (χ0n) is 7.52. The Morgan fingerprint density at radius 3 is 2.40 bits per heavy atom. The molecule has 0 amide bonds. The maximum Gasteiger partial charge on any atom is 0.211 e. The van der Waals surface area contributed by atoms with Crippen molar-refractivity contribution in [1.29, 1.82) is 0 Å². The van der Waals surface area contributed by atoms with Crippen LogP contribution in [-0.2, 0) is 0 Å². The van der Waals surface area contributed by atoms with Crippen LogP contribution in [0, 0.1) is 11.6 Å². The van der Waals surface area contributed by atoms with Crippen LogP contribution >= 0.6 is 12.4 Å². The van der Waals surface area contributed by atoms with Crippen molar-refractivity contribution in [3.05, 3.63) is 35.4 Å². The summed E-state index contributed by atoms with van der Waals surface area (Å²) in [7, 11) is 0. The summed E-state index contributed by atoms with van der Waals surface area (Å²) in [6.07, 6.45) is 1.21. The van der Waals surface area contributed by atoms with Crippen LogP contribution in [0.5, 0.6) is 0 Å². The molecule has 15 heavy (non-hydrogen) atoms. The minimum Gasteiger partial charge on any atom is -0.369 e. The Balaban J connectivity index is 0.00000196. The van der Waals surface area contributed by atoms with E-state index >= 15 is 0 Å². The maximum atomic E-state index is 12.6. The zero-order chi connectivity index (χ0) is 10.6. The Morgan fingerprint density at radius 2 is 1.87 bits per heavy atom. The second kappa shape index (κ2) is 5.92. The summed E-state index contributed by atoms with van der Waals surface area (Å²) in [5.74, 6) is -2.06. The van der Waals surface area contributed by atoms with Gasteiger partial charge in [-0.2, -0.15) is 5.10 Å². The number of hydrogen-bond acceptors (Lipinski definition) is 2. The highest BCUT2D eigenvalue weighted by atomic mass is 35.5. The highest BCUT2D eigenvalue weighted by Crippen LogP contribution is 2.06. The average molecular weight is 235 g/mol. The van der Waals surface area contributed by atoms with E-state index in [1.807, 2.05) is 0 Å². The highest BCUT2D eigenvalue weighted by molar-refractivity contribution is 5.85. The Kier molecular flexibility index (Phi) is 5.25. The second-order valence-corrected chi connectivity index (χ2v) is 2.44. The number of hydrogen-bond donors (Lipinski definition) is 2.